The zero-order chi connectivity index (χ0) is 15.9. The minimum Gasteiger partial charge on any atom is -0.379 e. The Morgan fingerprint density at radius 2 is 1.95 bits per heavy atom. The Kier molecular flexibility index (Phi) is 6.45. The summed E-state index contributed by atoms with van der Waals surface area (Å²) in [7, 11) is 0. The van der Waals surface area contributed by atoms with Crippen LogP contribution in [0.5, 0.6) is 0 Å². The number of nitrogens with zero attached hydrogens (tertiary/aromatic N) is 2. The van der Waals surface area contributed by atoms with Gasteiger partial charge in [0.05, 0.1) is 13.2 Å². The zero-order valence-electron chi connectivity index (χ0n) is 13.4. The van der Waals surface area contributed by atoms with E-state index in [-0.39, 0.29) is 5.91 Å². The molecule has 0 aromatic carbocycles. The van der Waals surface area contributed by atoms with Crippen molar-refractivity contribution >= 4 is 11.9 Å². The molecule has 2 atom stereocenters. The average molecular weight is 312 g/mol. The molecule has 2 aliphatic rings. The predicted molar refractivity (Wildman–Crippen MR) is 83.4 cm³/mol. The topological polar surface area (TPSA) is 87.9 Å². The van der Waals surface area contributed by atoms with Crippen LogP contribution in [-0.2, 0) is 9.53 Å². The Morgan fingerprint density at radius 1 is 1.23 bits per heavy atom. The number of nitrogens with two attached hydrogens (primary N) is 1. The van der Waals surface area contributed by atoms with Crippen molar-refractivity contribution < 1.29 is 14.3 Å². The highest BCUT2D eigenvalue weighted by Gasteiger charge is 2.36. The standard InChI is InChI=1S/C15H28N4O3/c1-12-10-19(11-13(12)18-6-8-22-9-7-18)14(20)4-2-3-5-17-15(16)21/h12-13H,2-11H2,1H3,(H3,16,17,21)/t12-,13-/m1/s1. The lowest BCUT2D eigenvalue weighted by Crippen LogP contribution is -2.47. The number of amides is 3. The van der Waals surface area contributed by atoms with E-state index in [1.54, 1.807) is 0 Å². The summed E-state index contributed by atoms with van der Waals surface area (Å²) >= 11 is 0. The van der Waals surface area contributed by atoms with Gasteiger partial charge >= 0.3 is 6.03 Å². The largest absolute Gasteiger partial charge is 0.379 e. The first-order valence-corrected chi connectivity index (χ1v) is 8.21. The molecule has 7 heteroatoms. The number of carbonyl (C=O) groups is 2. The number of ether oxygens (including phenoxy) is 1. The number of nitrogens with one attached hydrogen (secondary N) is 1. The van der Waals surface area contributed by atoms with Crippen LogP contribution < -0.4 is 11.1 Å². The molecule has 0 aromatic rings. The van der Waals surface area contributed by atoms with Crippen molar-refractivity contribution in [1.82, 2.24) is 15.1 Å². The fraction of sp³-hybridized carbons (Fsp3) is 0.867. The van der Waals surface area contributed by atoms with Gasteiger partial charge in [-0.15, -0.1) is 0 Å². The average Bonchev–Trinajstić information content (AvgIpc) is 2.89. The minimum absolute atomic E-state index is 0.224. The lowest BCUT2D eigenvalue weighted by Gasteiger charge is -2.34. The maximum Gasteiger partial charge on any atom is 0.312 e. The first-order valence-electron chi connectivity index (χ1n) is 8.21. The van der Waals surface area contributed by atoms with E-state index in [2.05, 4.69) is 17.1 Å². The predicted octanol–water partition coefficient (Wildman–Crippen LogP) is 0.00410. The van der Waals surface area contributed by atoms with Gasteiger partial charge in [0.2, 0.25) is 5.91 Å². The monoisotopic (exact) mass is 312 g/mol. The quantitative estimate of drug-likeness (QED) is 0.676. The number of urea groups is 1. The fourth-order valence-electron chi connectivity index (χ4n) is 3.31. The van der Waals surface area contributed by atoms with Crippen LogP contribution in [0, 0.1) is 5.92 Å². The molecule has 2 rings (SSSR count). The van der Waals surface area contributed by atoms with Crippen LogP contribution >= 0.6 is 0 Å². The Hall–Kier alpha value is -1.34. The van der Waals surface area contributed by atoms with Gasteiger partial charge in [-0.1, -0.05) is 6.92 Å². The fourth-order valence-corrected chi connectivity index (χ4v) is 3.31. The molecule has 0 bridgehead atoms. The van der Waals surface area contributed by atoms with E-state index in [1.165, 1.54) is 0 Å². The minimum atomic E-state index is -0.506. The van der Waals surface area contributed by atoms with E-state index in [0.29, 0.717) is 24.9 Å². The Bertz CT molecular complexity index is 385. The van der Waals surface area contributed by atoms with Crippen LogP contribution in [0.3, 0.4) is 0 Å². The summed E-state index contributed by atoms with van der Waals surface area (Å²) < 4.78 is 5.40. The second kappa shape index (κ2) is 8.33. The molecule has 3 N–H and O–H groups in total. The van der Waals surface area contributed by atoms with E-state index >= 15 is 0 Å². The van der Waals surface area contributed by atoms with Crippen molar-refractivity contribution in [1.29, 1.82) is 0 Å². The Labute approximate surface area is 132 Å². The molecule has 0 aromatic heterocycles. The van der Waals surface area contributed by atoms with Gasteiger partial charge < -0.3 is 20.7 Å². The van der Waals surface area contributed by atoms with E-state index in [9.17, 15) is 9.59 Å². The van der Waals surface area contributed by atoms with Crippen LogP contribution in [0.2, 0.25) is 0 Å². The van der Waals surface area contributed by atoms with Crippen molar-refractivity contribution in [2.45, 2.75) is 32.2 Å². The number of hydrogen-bond acceptors (Lipinski definition) is 4. The summed E-state index contributed by atoms with van der Waals surface area (Å²) in [4.78, 5) is 27.3. The molecule has 0 unspecified atom stereocenters. The molecule has 126 valence electrons. The Balaban J connectivity index is 1.69. The van der Waals surface area contributed by atoms with Gasteiger partial charge in [0.1, 0.15) is 0 Å². The third-order valence-electron chi connectivity index (χ3n) is 4.56. The number of hydrogen-bond donors (Lipinski definition) is 2. The van der Waals surface area contributed by atoms with Gasteiger partial charge in [0.15, 0.2) is 0 Å². The number of morpholine rings is 1. The summed E-state index contributed by atoms with van der Waals surface area (Å²) in [6.07, 6.45) is 2.11. The number of primary amides is 1. The second-order valence-corrected chi connectivity index (χ2v) is 6.24. The highest BCUT2D eigenvalue weighted by atomic mass is 16.5. The molecule has 0 saturated carbocycles. The molecule has 7 nitrogen and oxygen atoms in total. The van der Waals surface area contributed by atoms with E-state index in [1.807, 2.05) is 4.90 Å². The molecule has 2 aliphatic heterocycles. The highest BCUT2D eigenvalue weighted by Crippen LogP contribution is 2.23. The smallest absolute Gasteiger partial charge is 0.312 e. The van der Waals surface area contributed by atoms with E-state index in [0.717, 1.165) is 52.2 Å². The second-order valence-electron chi connectivity index (χ2n) is 6.24. The number of rotatable bonds is 6. The van der Waals surface area contributed by atoms with Crippen molar-refractivity contribution in [2.24, 2.45) is 11.7 Å². The molecule has 0 radical (unpaired) electrons. The third-order valence-corrected chi connectivity index (χ3v) is 4.56. The maximum absolute atomic E-state index is 12.3. The summed E-state index contributed by atoms with van der Waals surface area (Å²) in [5.41, 5.74) is 5.00. The van der Waals surface area contributed by atoms with Crippen LogP contribution in [0.4, 0.5) is 4.79 Å². The van der Waals surface area contributed by atoms with Crippen LogP contribution in [-0.4, -0.2) is 73.7 Å². The number of unbranched alkanes of at least 4 members (excludes halogenated alkanes) is 1. The van der Waals surface area contributed by atoms with Crippen LogP contribution in [0.1, 0.15) is 26.2 Å². The summed E-state index contributed by atoms with van der Waals surface area (Å²) in [6, 6.07) is -0.0441. The third kappa shape index (κ3) is 4.84. The molecule has 2 heterocycles. The summed E-state index contributed by atoms with van der Waals surface area (Å²) in [5.74, 6) is 0.736. The maximum atomic E-state index is 12.3. The number of carbonyl (C=O) groups excluding carboxylic acids is 2. The van der Waals surface area contributed by atoms with Gasteiger partial charge in [0.25, 0.3) is 0 Å². The molecule has 0 spiro atoms. The van der Waals surface area contributed by atoms with Gasteiger partial charge in [-0.3, -0.25) is 9.69 Å². The van der Waals surface area contributed by atoms with Gasteiger partial charge in [-0.05, 0) is 18.8 Å². The summed E-state index contributed by atoms with van der Waals surface area (Å²) in [5, 5.41) is 2.54. The first kappa shape index (κ1) is 17.0. The molecule has 0 aliphatic carbocycles. The molecular weight excluding hydrogens is 284 g/mol. The van der Waals surface area contributed by atoms with E-state index in [4.69, 9.17) is 10.5 Å². The number of likely N-dealkylation sites (tertiary alicyclic amines) is 1. The van der Waals surface area contributed by atoms with Crippen LogP contribution in [0.15, 0.2) is 0 Å². The lowest BCUT2D eigenvalue weighted by molar-refractivity contribution is -0.130. The van der Waals surface area contributed by atoms with Gasteiger partial charge in [0, 0.05) is 45.2 Å². The van der Waals surface area contributed by atoms with E-state index < -0.39 is 6.03 Å². The first-order chi connectivity index (χ1) is 10.6. The van der Waals surface area contributed by atoms with Crippen molar-refractivity contribution in [2.75, 3.05) is 45.9 Å². The van der Waals surface area contributed by atoms with Gasteiger partial charge in [-0.25, -0.2) is 4.79 Å². The van der Waals surface area contributed by atoms with Crippen molar-refractivity contribution in [3.05, 3.63) is 0 Å². The molecule has 3 amide bonds. The lowest BCUT2D eigenvalue weighted by atomic mass is 10.0. The Morgan fingerprint density at radius 3 is 2.64 bits per heavy atom. The molecular formula is C15H28N4O3. The molecule has 22 heavy (non-hydrogen) atoms. The molecule has 2 saturated heterocycles. The highest BCUT2D eigenvalue weighted by molar-refractivity contribution is 5.76. The summed E-state index contributed by atoms with van der Waals surface area (Å²) in [6.45, 7) is 7.97. The SMILES string of the molecule is C[C@@H]1CN(C(=O)CCCCNC(N)=O)C[C@H]1N1CCOCC1. The molecule has 2 fully saturated rings. The zero-order valence-corrected chi connectivity index (χ0v) is 13.4. The van der Waals surface area contributed by atoms with Gasteiger partial charge in [-0.2, -0.15) is 0 Å². The normalized spacial score (nSPS) is 26.1. The van der Waals surface area contributed by atoms with Crippen LogP contribution in [0.25, 0.3) is 0 Å². The van der Waals surface area contributed by atoms with Crippen molar-refractivity contribution in [3.63, 3.8) is 0 Å². The van der Waals surface area contributed by atoms with Crippen molar-refractivity contribution in [3.8, 4) is 0 Å².